The Morgan fingerprint density at radius 2 is 2.13 bits per heavy atom. The molecule has 0 aliphatic rings. The minimum Gasteiger partial charge on any atom is -0.321 e. The van der Waals surface area contributed by atoms with Gasteiger partial charge >= 0.3 is 6.18 Å². The van der Waals surface area contributed by atoms with Crippen LogP contribution < -0.4 is 5.73 Å². The number of pyridine rings is 1. The molecule has 0 saturated heterocycles. The molecule has 1 atom stereocenters. The lowest BCUT2D eigenvalue weighted by Crippen LogP contribution is -2.29. The van der Waals surface area contributed by atoms with Gasteiger partial charge in [0.05, 0.1) is 11.6 Å². The molecule has 0 amide bonds. The third-order valence-corrected chi connectivity index (χ3v) is 1.76. The molecule has 0 aliphatic carbocycles. The first kappa shape index (κ1) is 11.6. The average Bonchev–Trinajstić information content (AvgIpc) is 2.15. The predicted octanol–water partition coefficient (Wildman–Crippen LogP) is 1.63. The summed E-state index contributed by atoms with van der Waals surface area (Å²) >= 11 is 0. The molecule has 3 nitrogen and oxygen atoms in total. The van der Waals surface area contributed by atoms with Crippen molar-refractivity contribution >= 4 is 5.78 Å². The Hall–Kier alpha value is -1.43. The van der Waals surface area contributed by atoms with Gasteiger partial charge in [-0.25, -0.2) is 0 Å². The summed E-state index contributed by atoms with van der Waals surface area (Å²) in [5.74, 6) is -0.817. The van der Waals surface area contributed by atoms with E-state index in [9.17, 15) is 18.0 Å². The number of alkyl halides is 3. The summed E-state index contributed by atoms with van der Waals surface area (Å²) in [5, 5.41) is 0. The summed E-state index contributed by atoms with van der Waals surface area (Å²) in [7, 11) is 0. The van der Waals surface area contributed by atoms with Crippen molar-refractivity contribution in [2.24, 2.45) is 5.73 Å². The van der Waals surface area contributed by atoms with E-state index in [1.807, 2.05) is 0 Å². The molecule has 1 unspecified atom stereocenters. The van der Waals surface area contributed by atoms with Crippen LogP contribution in [0.25, 0.3) is 0 Å². The quantitative estimate of drug-likeness (QED) is 0.767. The van der Waals surface area contributed by atoms with Crippen molar-refractivity contribution in [1.82, 2.24) is 4.98 Å². The number of hydrogen-bond acceptors (Lipinski definition) is 3. The third kappa shape index (κ3) is 2.53. The van der Waals surface area contributed by atoms with Gasteiger partial charge in [0.25, 0.3) is 0 Å². The van der Waals surface area contributed by atoms with Crippen molar-refractivity contribution in [3.8, 4) is 0 Å². The Kier molecular flexibility index (Phi) is 3.09. The maximum Gasteiger partial charge on any atom is 0.418 e. The van der Waals surface area contributed by atoms with E-state index in [1.165, 1.54) is 6.92 Å². The molecule has 1 aromatic rings. The SMILES string of the molecule is CC(N)C(=O)c1ncccc1C(F)(F)F. The van der Waals surface area contributed by atoms with Crippen molar-refractivity contribution in [3.05, 3.63) is 29.6 Å². The van der Waals surface area contributed by atoms with Crippen LogP contribution in [0.4, 0.5) is 13.2 Å². The van der Waals surface area contributed by atoms with Crippen LogP contribution in [0.5, 0.6) is 0 Å². The van der Waals surface area contributed by atoms with Crippen molar-refractivity contribution in [1.29, 1.82) is 0 Å². The summed E-state index contributed by atoms with van der Waals surface area (Å²) < 4.78 is 37.3. The van der Waals surface area contributed by atoms with E-state index in [4.69, 9.17) is 5.73 Å². The number of rotatable bonds is 2. The highest BCUT2D eigenvalue weighted by atomic mass is 19.4. The summed E-state index contributed by atoms with van der Waals surface area (Å²) in [4.78, 5) is 14.7. The number of hydrogen-bond donors (Lipinski definition) is 1. The zero-order valence-electron chi connectivity index (χ0n) is 7.88. The van der Waals surface area contributed by atoms with Gasteiger partial charge in [0.2, 0.25) is 0 Å². The highest BCUT2D eigenvalue weighted by molar-refractivity contribution is 5.99. The fraction of sp³-hybridized carbons (Fsp3) is 0.333. The molecule has 0 bridgehead atoms. The molecule has 82 valence electrons. The molecule has 0 spiro atoms. The minimum atomic E-state index is -4.59. The van der Waals surface area contributed by atoms with Crippen LogP contribution in [-0.4, -0.2) is 16.8 Å². The Morgan fingerprint density at radius 3 is 2.60 bits per heavy atom. The molecular weight excluding hydrogens is 209 g/mol. The van der Waals surface area contributed by atoms with Gasteiger partial charge in [-0.15, -0.1) is 0 Å². The van der Waals surface area contributed by atoms with Crippen LogP contribution in [0.1, 0.15) is 23.0 Å². The normalized spacial score (nSPS) is 13.7. The van der Waals surface area contributed by atoms with E-state index in [-0.39, 0.29) is 0 Å². The van der Waals surface area contributed by atoms with Gasteiger partial charge in [-0.3, -0.25) is 9.78 Å². The van der Waals surface area contributed by atoms with Gasteiger partial charge in [-0.2, -0.15) is 13.2 Å². The number of carbonyl (C=O) groups excluding carboxylic acids is 1. The molecule has 2 N–H and O–H groups in total. The molecule has 0 fully saturated rings. The van der Waals surface area contributed by atoms with E-state index in [0.29, 0.717) is 0 Å². The summed E-state index contributed by atoms with van der Waals surface area (Å²) in [6.07, 6.45) is -3.46. The van der Waals surface area contributed by atoms with Gasteiger partial charge in [0.15, 0.2) is 5.78 Å². The maximum atomic E-state index is 12.4. The van der Waals surface area contributed by atoms with Gasteiger partial charge in [-0.05, 0) is 19.1 Å². The van der Waals surface area contributed by atoms with Gasteiger partial charge in [0.1, 0.15) is 5.69 Å². The first-order valence-electron chi connectivity index (χ1n) is 4.16. The fourth-order valence-corrected chi connectivity index (χ4v) is 1.05. The number of nitrogens with zero attached hydrogens (tertiary/aromatic N) is 1. The molecule has 0 aromatic carbocycles. The molecule has 0 radical (unpaired) electrons. The van der Waals surface area contributed by atoms with E-state index in [0.717, 1.165) is 18.3 Å². The highest BCUT2D eigenvalue weighted by Crippen LogP contribution is 2.31. The second-order valence-electron chi connectivity index (χ2n) is 3.05. The van der Waals surface area contributed by atoms with Crippen molar-refractivity contribution < 1.29 is 18.0 Å². The second-order valence-corrected chi connectivity index (χ2v) is 3.05. The van der Waals surface area contributed by atoms with E-state index in [2.05, 4.69) is 4.98 Å². The van der Waals surface area contributed by atoms with Crippen LogP contribution in [0.2, 0.25) is 0 Å². The molecular formula is C9H9F3N2O. The lowest BCUT2D eigenvalue weighted by Gasteiger charge is -2.11. The molecule has 6 heteroatoms. The van der Waals surface area contributed by atoms with E-state index in [1.54, 1.807) is 0 Å². The highest BCUT2D eigenvalue weighted by Gasteiger charge is 2.36. The predicted molar refractivity (Wildman–Crippen MR) is 47.2 cm³/mol. The third-order valence-electron chi connectivity index (χ3n) is 1.76. The van der Waals surface area contributed by atoms with Crippen LogP contribution in [0.3, 0.4) is 0 Å². The topological polar surface area (TPSA) is 56.0 Å². The number of halogens is 3. The van der Waals surface area contributed by atoms with Gasteiger partial charge < -0.3 is 5.73 Å². The number of carbonyl (C=O) groups is 1. The van der Waals surface area contributed by atoms with Crippen LogP contribution in [-0.2, 0) is 6.18 Å². The molecule has 1 rings (SSSR count). The first-order chi connectivity index (χ1) is 6.84. The lowest BCUT2D eigenvalue weighted by molar-refractivity contribution is -0.138. The average molecular weight is 218 g/mol. The van der Waals surface area contributed by atoms with Gasteiger partial charge in [-0.1, -0.05) is 0 Å². The van der Waals surface area contributed by atoms with Crippen LogP contribution in [0.15, 0.2) is 18.3 Å². The summed E-state index contributed by atoms with van der Waals surface area (Å²) in [5.41, 5.74) is 3.55. The number of ketones is 1. The van der Waals surface area contributed by atoms with Crippen molar-refractivity contribution in [2.75, 3.05) is 0 Å². The Morgan fingerprint density at radius 1 is 1.53 bits per heavy atom. The summed E-state index contributed by atoms with van der Waals surface area (Å²) in [6.45, 7) is 1.32. The van der Waals surface area contributed by atoms with E-state index < -0.39 is 29.3 Å². The minimum absolute atomic E-state index is 0.625. The van der Waals surface area contributed by atoms with Gasteiger partial charge in [0, 0.05) is 6.20 Å². The van der Waals surface area contributed by atoms with Crippen molar-refractivity contribution in [3.63, 3.8) is 0 Å². The molecule has 0 aliphatic heterocycles. The van der Waals surface area contributed by atoms with Crippen molar-refractivity contribution in [2.45, 2.75) is 19.1 Å². The summed E-state index contributed by atoms with van der Waals surface area (Å²) in [6, 6.07) is 0.935. The monoisotopic (exact) mass is 218 g/mol. The second kappa shape index (κ2) is 3.98. The number of nitrogens with two attached hydrogens (primary N) is 1. The molecule has 1 aromatic heterocycles. The Bertz CT molecular complexity index is 374. The largest absolute Gasteiger partial charge is 0.418 e. The zero-order chi connectivity index (χ0) is 11.6. The molecule has 0 saturated carbocycles. The molecule has 15 heavy (non-hydrogen) atoms. The van der Waals surface area contributed by atoms with E-state index >= 15 is 0 Å². The first-order valence-corrected chi connectivity index (χ1v) is 4.16. The Balaban J connectivity index is 3.25. The lowest BCUT2D eigenvalue weighted by atomic mass is 10.1. The Labute approximate surface area is 84.1 Å². The zero-order valence-corrected chi connectivity index (χ0v) is 7.88. The molecule has 1 heterocycles. The fourth-order valence-electron chi connectivity index (χ4n) is 1.05. The van der Waals surface area contributed by atoms with Crippen LogP contribution >= 0.6 is 0 Å². The van der Waals surface area contributed by atoms with Crippen LogP contribution in [0, 0.1) is 0 Å². The number of aromatic nitrogens is 1. The maximum absolute atomic E-state index is 12.4. The standard InChI is InChI=1S/C9H9F3N2O/c1-5(13)8(15)7-6(9(10,11)12)3-2-4-14-7/h2-5H,13H2,1H3. The number of Topliss-reactive ketones (excluding diaryl/α,β-unsaturated/α-hetero) is 1. The smallest absolute Gasteiger partial charge is 0.321 e.